The fourth-order valence-electron chi connectivity index (χ4n) is 2.95. The Kier molecular flexibility index (Phi) is 7.73. The first-order chi connectivity index (χ1) is 12.1. The third kappa shape index (κ3) is 6.38. The van der Waals surface area contributed by atoms with E-state index in [4.69, 9.17) is 9.47 Å². The van der Waals surface area contributed by atoms with Gasteiger partial charge in [0, 0.05) is 39.6 Å². The topological polar surface area (TPSA) is 67.9 Å². The zero-order chi connectivity index (χ0) is 18.1. The number of methoxy groups -OCH3 is 1. The molecule has 1 aromatic carbocycles. The van der Waals surface area contributed by atoms with Gasteiger partial charge in [-0.3, -0.25) is 9.59 Å². The van der Waals surface area contributed by atoms with Crippen molar-refractivity contribution in [3.8, 4) is 5.75 Å². The molecule has 1 heterocycles. The van der Waals surface area contributed by atoms with Crippen molar-refractivity contribution >= 4 is 11.8 Å². The van der Waals surface area contributed by atoms with Crippen LogP contribution >= 0.6 is 0 Å². The monoisotopic (exact) mass is 348 g/mol. The van der Waals surface area contributed by atoms with Crippen LogP contribution in [0.3, 0.4) is 0 Å². The maximum Gasteiger partial charge on any atom is 0.221 e. The first-order valence-corrected chi connectivity index (χ1v) is 8.86. The molecule has 1 aromatic rings. The Bertz CT molecular complexity index is 570. The molecule has 6 nitrogen and oxygen atoms in total. The minimum absolute atomic E-state index is 0.0261. The van der Waals surface area contributed by atoms with Crippen LogP contribution < -0.4 is 10.1 Å². The SMILES string of the molecule is COc1ccccc1CCN(CCC(=O)NCC1CCCO1)C(C)=O. The summed E-state index contributed by atoms with van der Waals surface area (Å²) in [7, 11) is 1.64. The number of hydrogen-bond acceptors (Lipinski definition) is 4. The lowest BCUT2D eigenvalue weighted by molar-refractivity contribution is -0.129. The van der Waals surface area contributed by atoms with Gasteiger partial charge in [0.25, 0.3) is 0 Å². The van der Waals surface area contributed by atoms with E-state index in [0.717, 1.165) is 30.8 Å². The third-order valence-electron chi connectivity index (χ3n) is 4.45. The van der Waals surface area contributed by atoms with Crippen molar-refractivity contribution in [1.82, 2.24) is 10.2 Å². The van der Waals surface area contributed by atoms with Crippen LogP contribution in [0, 0.1) is 0 Å². The number of amides is 2. The average Bonchev–Trinajstić information content (AvgIpc) is 3.13. The molecule has 0 spiro atoms. The van der Waals surface area contributed by atoms with Gasteiger partial charge in [0.15, 0.2) is 0 Å². The van der Waals surface area contributed by atoms with Gasteiger partial charge in [0.2, 0.25) is 11.8 Å². The molecular formula is C19H28N2O4. The average molecular weight is 348 g/mol. The Hall–Kier alpha value is -2.08. The van der Waals surface area contributed by atoms with Gasteiger partial charge >= 0.3 is 0 Å². The van der Waals surface area contributed by atoms with E-state index in [-0.39, 0.29) is 17.9 Å². The Morgan fingerprint density at radius 1 is 1.32 bits per heavy atom. The van der Waals surface area contributed by atoms with Crippen molar-refractivity contribution in [2.45, 2.75) is 38.7 Å². The molecule has 1 aliphatic rings. The molecule has 0 bridgehead atoms. The van der Waals surface area contributed by atoms with Crippen LogP contribution in [0.2, 0.25) is 0 Å². The summed E-state index contributed by atoms with van der Waals surface area (Å²) in [4.78, 5) is 25.5. The van der Waals surface area contributed by atoms with Crippen molar-refractivity contribution in [2.75, 3.05) is 33.4 Å². The number of hydrogen-bond donors (Lipinski definition) is 1. The number of para-hydroxylation sites is 1. The van der Waals surface area contributed by atoms with Gasteiger partial charge in [-0.25, -0.2) is 0 Å². The molecule has 1 saturated heterocycles. The summed E-state index contributed by atoms with van der Waals surface area (Å²) < 4.78 is 10.8. The minimum atomic E-state index is -0.0426. The van der Waals surface area contributed by atoms with Crippen LogP contribution in [0.25, 0.3) is 0 Å². The fraction of sp³-hybridized carbons (Fsp3) is 0.579. The zero-order valence-corrected chi connectivity index (χ0v) is 15.1. The second kappa shape index (κ2) is 10.0. The normalized spacial score (nSPS) is 16.5. The summed E-state index contributed by atoms with van der Waals surface area (Å²) in [6, 6.07) is 7.77. The number of rotatable bonds is 9. The summed E-state index contributed by atoms with van der Waals surface area (Å²) in [6.45, 7) is 3.85. The summed E-state index contributed by atoms with van der Waals surface area (Å²) in [5.41, 5.74) is 1.05. The maximum atomic E-state index is 12.0. The molecule has 1 unspecified atom stereocenters. The lowest BCUT2D eigenvalue weighted by Crippen LogP contribution is -2.37. The lowest BCUT2D eigenvalue weighted by atomic mass is 10.1. The molecule has 1 fully saturated rings. The minimum Gasteiger partial charge on any atom is -0.496 e. The van der Waals surface area contributed by atoms with Gasteiger partial charge in [-0.1, -0.05) is 18.2 Å². The second-order valence-corrected chi connectivity index (χ2v) is 6.26. The van der Waals surface area contributed by atoms with Crippen LogP contribution in [-0.4, -0.2) is 56.2 Å². The van der Waals surface area contributed by atoms with Crippen molar-refractivity contribution in [3.63, 3.8) is 0 Å². The first kappa shape index (κ1) is 19.2. The van der Waals surface area contributed by atoms with E-state index in [9.17, 15) is 9.59 Å². The molecule has 2 rings (SSSR count). The van der Waals surface area contributed by atoms with Gasteiger partial charge in [-0.15, -0.1) is 0 Å². The highest BCUT2D eigenvalue weighted by atomic mass is 16.5. The zero-order valence-electron chi connectivity index (χ0n) is 15.1. The van der Waals surface area contributed by atoms with Gasteiger partial charge in [-0.05, 0) is 30.9 Å². The van der Waals surface area contributed by atoms with Gasteiger partial charge < -0.3 is 19.7 Å². The molecule has 25 heavy (non-hydrogen) atoms. The number of carbonyl (C=O) groups excluding carboxylic acids is 2. The number of carbonyl (C=O) groups is 2. The molecule has 1 aliphatic heterocycles. The molecule has 138 valence electrons. The number of nitrogens with one attached hydrogen (secondary N) is 1. The first-order valence-electron chi connectivity index (χ1n) is 8.86. The Morgan fingerprint density at radius 2 is 2.12 bits per heavy atom. The highest BCUT2D eigenvalue weighted by molar-refractivity contribution is 5.78. The molecule has 2 amide bonds. The molecule has 6 heteroatoms. The Morgan fingerprint density at radius 3 is 2.80 bits per heavy atom. The predicted molar refractivity (Wildman–Crippen MR) is 95.6 cm³/mol. The number of ether oxygens (including phenoxy) is 2. The molecule has 0 radical (unpaired) electrons. The lowest BCUT2D eigenvalue weighted by Gasteiger charge is -2.21. The Labute approximate surface area is 149 Å². The maximum absolute atomic E-state index is 12.0. The number of nitrogens with zero attached hydrogens (tertiary/aromatic N) is 1. The van der Waals surface area contributed by atoms with E-state index in [2.05, 4.69) is 5.32 Å². The highest BCUT2D eigenvalue weighted by Crippen LogP contribution is 2.18. The second-order valence-electron chi connectivity index (χ2n) is 6.26. The molecule has 1 atom stereocenters. The van der Waals surface area contributed by atoms with Crippen LogP contribution in [0.5, 0.6) is 5.75 Å². The van der Waals surface area contributed by atoms with Crippen molar-refractivity contribution in [1.29, 1.82) is 0 Å². The molecule has 0 aromatic heterocycles. The molecule has 0 saturated carbocycles. The van der Waals surface area contributed by atoms with Crippen molar-refractivity contribution in [3.05, 3.63) is 29.8 Å². The summed E-state index contributed by atoms with van der Waals surface area (Å²) >= 11 is 0. The van der Waals surface area contributed by atoms with E-state index < -0.39 is 0 Å². The quantitative estimate of drug-likeness (QED) is 0.739. The van der Waals surface area contributed by atoms with E-state index in [1.807, 2.05) is 24.3 Å². The third-order valence-corrected chi connectivity index (χ3v) is 4.45. The summed E-state index contributed by atoms with van der Waals surface area (Å²) in [5, 5.41) is 2.89. The van der Waals surface area contributed by atoms with E-state index in [1.165, 1.54) is 6.92 Å². The van der Waals surface area contributed by atoms with Gasteiger partial charge in [-0.2, -0.15) is 0 Å². The van der Waals surface area contributed by atoms with Crippen LogP contribution in [0.15, 0.2) is 24.3 Å². The number of benzene rings is 1. The smallest absolute Gasteiger partial charge is 0.221 e. The van der Waals surface area contributed by atoms with Crippen molar-refractivity contribution < 1.29 is 19.1 Å². The molecule has 0 aliphatic carbocycles. The van der Waals surface area contributed by atoms with Gasteiger partial charge in [0.1, 0.15) is 5.75 Å². The molecule has 1 N–H and O–H groups in total. The largest absolute Gasteiger partial charge is 0.496 e. The van der Waals surface area contributed by atoms with E-state index in [1.54, 1.807) is 12.0 Å². The Balaban J connectivity index is 1.76. The summed E-state index contributed by atoms with van der Waals surface area (Å²) in [6.07, 6.45) is 3.19. The van der Waals surface area contributed by atoms with E-state index >= 15 is 0 Å². The standard InChI is InChI=1S/C19H28N2O4/c1-15(22)21(11-9-16-6-3-4-8-18(16)24-2)12-10-19(23)20-14-17-7-5-13-25-17/h3-4,6,8,17H,5,7,9-14H2,1-2H3,(H,20,23). The highest BCUT2D eigenvalue weighted by Gasteiger charge is 2.17. The van der Waals surface area contributed by atoms with Gasteiger partial charge in [0.05, 0.1) is 13.2 Å². The van der Waals surface area contributed by atoms with Crippen LogP contribution in [-0.2, 0) is 20.7 Å². The van der Waals surface area contributed by atoms with E-state index in [0.29, 0.717) is 32.5 Å². The van der Waals surface area contributed by atoms with Crippen LogP contribution in [0.1, 0.15) is 31.7 Å². The fourth-order valence-corrected chi connectivity index (χ4v) is 2.95. The predicted octanol–water partition coefficient (Wildman–Crippen LogP) is 1.77. The van der Waals surface area contributed by atoms with Crippen LogP contribution in [0.4, 0.5) is 0 Å². The summed E-state index contributed by atoms with van der Waals surface area (Å²) in [5.74, 6) is 0.751. The molecular weight excluding hydrogens is 320 g/mol. The van der Waals surface area contributed by atoms with Crippen molar-refractivity contribution in [2.24, 2.45) is 0 Å².